The third kappa shape index (κ3) is 3.64. The number of nitrogens with one attached hydrogen (secondary N) is 1. The summed E-state index contributed by atoms with van der Waals surface area (Å²) in [6.07, 6.45) is 5.25. The fourth-order valence-electron chi connectivity index (χ4n) is 2.85. The Hall–Kier alpha value is -1.66. The van der Waals surface area contributed by atoms with E-state index in [1.807, 2.05) is 29.9 Å². The van der Waals surface area contributed by atoms with Crippen LogP contribution in [0.4, 0.5) is 0 Å². The monoisotopic (exact) mass is 333 g/mol. The van der Waals surface area contributed by atoms with E-state index in [0.29, 0.717) is 12.5 Å². The third-order valence-electron chi connectivity index (χ3n) is 4.22. The van der Waals surface area contributed by atoms with Gasteiger partial charge in [-0.1, -0.05) is 13.8 Å². The Balaban J connectivity index is 1.63. The largest absolute Gasteiger partial charge is 0.372 e. The van der Waals surface area contributed by atoms with Gasteiger partial charge in [-0.25, -0.2) is 4.98 Å². The number of aryl methyl sites for hydroxylation is 1. The van der Waals surface area contributed by atoms with Gasteiger partial charge in [0.1, 0.15) is 6.10 Å². The molecule has 2 aromatic rings. The molecule has 0 radical (unpaired) electrons. The number of imidazole rings is 1. The van der Waals surface area contributed by atoms with Crippen LogP contribution in [0.1, 0.15) is 59.0 Å². The summed E-state index contributed by atoms with van der Waals surface area (Å²) in [5, 5.41) is 3.16. The van der Waals surface area contributed by atoms with Crippen molar-refractivity contribution < 1.29 is 9.53 Å². The summed E-state index contributed by atoms with van der Waals surface area (Å²) in [5.41, 5.74) is 1.06. The quantitative estimate of drug-likeness (QED) is 0.934. The zero-order chi connectivity index (χ0) is 16.4. The molecule has 23 heavy (non-hydrogen) atoms. The summed E-state index contributed by atoms with van der Waals surface area (Å²) in [6, 6.07) is 4.11. The number of amides is 1. The van der Waals surface area contributed by atoms with Crippen molar-refractivity contribution in [2.24, 2.45) is 7.05 Å². The van der Waals surface area contributed by atoms with Crippen molar-refractivity contribution in [1.29, 1.82) is 0 Å². The second-order valence-electron chi connectivity index (χ2n) is 6.34. The van der Waals surface area contributed by atoms with Gasteiger partial charge in [0, 0.05) is 24.6 Å². The van der Waals surface area contributed by atoms with Gasteiger partial charge in [-0.05, 0) is 30.9 Å². The minimum Gasteiger partial charge on any atom is -0.372 e. The van der Waals surface area contributed by atoms with Crippen LogP contribution in [0.15, 0.2) is 24.7 Å². The van der Waals surface area contributed by atoms with Crippen LogP contribution >= 0.6 is 11.3 Å². The highest BCUT2D eigenvalue weighted by Gasteiger charge is 2.27. The van der Waals surface area contributed by atoms with Gasteiger partial charge >= 0.3 is 0 Å². The average Bonchev–Trinajstić information content (AvgIpc) is 3.16. The van der Waals surface area contributed by atoms with E-state index >= 15 is 0 Å². The predicted octanol–water partition coefficient (Wildman–Crippen LogP) is 3.26. The lowest BCUT2D eigenvalue weighted by molar-refractivity contribution is -0.00298. The lowest BCUT2D eigenvalue weighted by Gasteiger charge is -2.30. The van der Waals surface area contributed by atoms with Gasteiger partial charge in [-0.15, -0.1) is 11.3 Å². The Morgan fingerprint density at radius 1 is 1.48 bits per heavy atom. The molecule has 1 aliphatic rings. The molecule has 0 spiro atoms. The minimum absolute atomic E-state index is 0.00360. The smallest absolute Gasteiger partial charge is 0.261 e. The molecular weight excluding hydrogens is 310 g/mol. The van der Waals surface area contributed by atoms with Crippen molar-refractivity contribution in [2.45, 2.75) is 44.8 Å². The molecule has 1 saturated heterocycles. The van der Waals surface area contributed by atoms with Gasteiger partial charge in [-0.2, -0.15) is 0 Å². The first-order chi connectivity index (χ1) is 11.0. The first-order valence-electron chi connectivity index (χ1n) is 8.03. The van der Waals surface area contributed by atoms with Crippen LogP contribution in [0.25, 0.3) is 0 Å². The van der Waals surface area contributed by atoms with E-state index in [0.717, 1.165) is 23.4 Å². The van der Waals surface area contributed by atoms with Crippen LogP contribution in [0.5, 0.6) is 0 Å². The van der Waals surface area contributed by atoms with Gasteiger partial charge in [-0.3, -0.25) is 4.79 Å². The molecule has 0 unspecified atom stereocenters. The van der Waals surface area contributed by atoms with Crippen molar-refractivity contribution in [1.82, 2.24) is 14.9 Å². The Morgan fingerprint density at radius 3 is 2.96 bits per heavy atom. The molecule has 1 fully saturated rings. The number of thiophene rings is 1. The van der Waals surface area contributed by atoms with Crippen molar-refractivity contribution in [2.75, 3.05) is 6.61 Å². The van der Waals surface area contributed by atoms with E-state index < -0.39 is 0 Å². The number of carbonyl (C=O) groups excluding carboxylic acids is 1. The second kappa shape index (κ2) is 6.84. The maximum absolute atomic E-state index is 12.4. The molecule has 2 aromatic heterocycles. The van der Waals surface area contributed by atoms with Crippen molar-refractivity contribution in [3.05, 3.63) is 40.1 Å². The molecule has 124 valence electrons. The van der Waals surface area contributed by atoms with Crippen LogP contribution in [0.3, 0.4) is 0 Å². The summed E-state index contributed by atoms with van der Waals surface area (Å²) in [6.45, 7) is 4.94. The summed E-state index contributed by atoms with van der Waals surface area (Å²) >= 11 is 1.58. The third-order valence-corrected chi connectivity index (χ3v) is 5.61. The molecule has 6 heteroatoms. The van der Waals surface area contributed by atoms with Crippen molar-refractivity contribution in [3.8, 4) is 0 Å². The normalized spacial score (nSPS) is 21.6. The van der Waals surface area contributed by atoms with Gasteiger partial charge in [0.2, 0.25) is 0 Å². The maximum Gasteiger partial charge on any atom is 0.261 e. The number of hydrogen-bond donors (Lipinski definition) is 1. The topological polar surface area (TPSA) is 56.1 Å². The maximum atomic E-state index is 12.4. The van der Waals surface area contributed by atoms with Crippen molar-refractivity contribution in [3.63, 3.8) is 0 Å². The van der Waals surface area contributed by atoms with E-state index in [2.05, 4.69) is 24.1 Å². The number of hydrogen-bond acceptors (Lipinski definition) is 4. The van der Waals surface area contributed by atoms with Crippen molar-refractivity contribution >= 4 is 17.2 Å². The molecule has 0 bridgehead atoms. The number of nitrogens with zero attached hydrogens (tertiary/aromatic N) is 2. The fraction of sp³-hybridized carbons (Fsp3) is 0.529. The Kier molecular flexibility index (Phi) is 4.82. The summed E-state index contributed by atoms with van der Waals surface area (Å²) in [7, 11) is 1.97. The first-order valence-corrected chi connectivity index (χ1v) is 8.84. The van der Waals surface area contributed by atoms with E-state index in [9.17, 15) is 4.79 Å². The van der Waals surface area contributed by atoms with Crippen LogP contribution in [-0.2, 0) is 11.8 Å². The highest BCUT2D eigenvalue weighted by atomic mass is 32.1. The summed E-state index contributed by atoms with van der Waals surface area (Å²) < 4.78 is 7.82. The molecule has 1 aliphatic heterocycles. The standard InChI is InChI=1S/C17H23N3O2S/c1-11(2)15-4-5-16(23-15)17(21)19-12-6-7-22-14(8-12)13-9-18-10-20(13)3/h4-5,9-12,14H,6-8H2,1-3H3,(H,19,21)/t12-,14+/m1/s1. The molecule has 0 saturated carbocycles. The number of aromatic nitrogens is 2. The Labute approximate surface area is 140 Å². The van der Waals surface area contributed by atoms with Crippen LogP contribution in [0, 0.1) is 0 Å². The SMILES string of the molecule is CC(C)c1ccc(C(=O)N[C@@H]2CCO[C@H](c3cncn3C)C2)s1. The minimum atomic E-state index is -0.00360. The van der Waals surface area contributed by atoms with Crippen LogP contribution in [-0.4, -0.2) is 28.1 Å². The molecule has 0 aliphatic carbocycles. The first kappa shape index (κ1) is 16.2. The molecule has 2 atom stereocenters. The van der Waals surface area contributed by atoms with E-state index in [-0.39, 0.29) is 18.1 Å². The van der Waals surface area contributed by atoms with E-state index in [1.165, 1.54) is 4.88 Å². The number of carbonyl (C=O) groups is 1. The van der Waals surface area contributed by atoms with E-state index in [1.54, 1.807) is 17.7 Å². The highest BCUT2D eigenvalue weighted by Crippen LogP contribution is 2.28. The van der Waals surface area contributed by atoms with Gasteiger partial charge in [0.05, 0.1) is 23.1 Å². The lowest BCUT2D eigenvalue weighted by Crippen LogP contribution is -2.39. The second-order valence-corrected chi connectivity index (χ2v) is 7.46. The summed E-state index contributed by atoms with van der Waals surface area (Å²) in [4.78, 5) is 18.6. The van der Waals surface area contributed by atoms with Gasteiger partial charge in [0.25, 0.3) is 5.91 Å². The fourth-order valence-corrected chi connectivity index (χ4v) is 3.77. The average molecular weight is 333 g/mol. The zero-order valence-corrected chi connectivity index (χ0v) is 14.6. The molecule has 1 N–H and O–H groups in total. The molecule has 0 aromatic carbocycles. The number of ether oxygens (including phenoxy) is 1. The predicted molar refractivity (Wildman–Crippen MR) is 90.8 cm³/mol. The highest BCUT2D eigenvalue weighted by molar-refractivity contribution is 7.14. The van der Waals surface area contributed by atoms with Gasteiger partial charge < -0.3 is 14.6 Å². The Bertz CT molecular complexity index is 677. The Morgan fingerprint density at radius 2 is 2.30 bits per heavy atom. The molecule has 1 amide bonds. The molecule has 3 heterocycles. The molecular formula is C17H23N3O2S. The van der Waals surface area contributed by atoms with E-state index in [4.69, 9.17) is 4.74 Å². The van der Waals surface area contributed by atoms with Crippen LogP contribution in [0.2, 0.25) is 0 Å². The number of rotatable bonds is 4. The molecule has 3 rings (SSSR count). The zero-order valence-electron chi connectivity index (χ0n) is 13.8. The summed E-state index contributed by atoms with van der Waals surface area (Å²) in [5.74, 6) is 0.483. The van der Waals surface area contributed by atoms with Gasteiger partial charge in [0.15, 0.2) is 0 Å². The van der Waals surface area contributed by atoms with Crippen LogP contribution < -0.4 is 5.32 Å². The molecule has 5 nitrogen and oxygen atoms in total. The lowest BCUT2D eigenvalue weighted by atomic mass is 10.0.